The minimum absolute atomic E-state index is 0.487. The van der Waals surface area contributed by atoms with Gasteiger partial charge in [0.1, 0.15) is 11.5 Å². The van der Waals surface area contributed by atoms with Crippen molar-refractivity contribution in [2.45, 2.75) is 39.5 Å². The highest BCUT2D eigenvalue weighted by Gasteiger charge is 2.16. The van der Waals surface area contributed by atoms with Crippen LogP contribution >= 0.6 is 0 Å². The van der Waals surface area contributed by atoms with E-state index in [0.717, 1.165) is 42.4 Å². The number of benzene rings is 3. The summed E-state index contributed by atoms with van der Waals surface area (Å²) in [5.74, 6) is 1.08. The van der Waals surface area contributed by atoms with Gasteiger partial charge in [-0.3, -0.25) is 0 Å². The van der Waals surface area contributed by atoms with E-state index in [9.17, 15) is 4.79 Å². The molecule has 0 aliphatic rings. The molecule has 3 nitrogen and oxygen atoms in total. The summed E-state index contributed by atoms with van der Waals surface area (Å²) in [6, 6.07) is 23.2. The van der Waals surface area contributed by atoms with E-state index in [1.807, 2.05) is 60.7 Å². The zero-order valence-corrected chi connectivity index (χ0v) is 16.5. The second-order valence-corrected chi connectivity index (χ2v) is 6.71. The maximum atomic E-state index is 12.5. The molecule has 0 aromatic heterocycles. The summed E-state index contributed by atoms with van der Waals surface area (Å²) in [6.45, 7) is 4.28. The molecule has 0 saturated heterocycles. The van der Waals surface area contributed by atoms with Crippen molar-refractivity contribution in [3.8, 4) is 22.6 Å². The maximum absolute atomic E-state index is 12.5. The molecule has 0 N–H and O–H groups in total. The minimum Gasteiger partial charge on any atom is -0.394 e. The fourth-order valence-corrected chi connectivity index (χ4v) is 3.36. The second-order valence-electron chi connectivity index (χ2n) is 6.71. The average molecular weight is 374 g/mol. The van der Waals surface area contributed by atoms with Crippen LogP contribution in [0.4, 0.5) is 4.79 Å². The molecule has 144 valence electrons. The standard InChI is InChI=1S/C25H26O3/c1-3-11-19-15-10-18-24(21(19)12-4-2)28-25(26)27-23-17-9-8-16-22(23)20-13-6-5-7-14-20/h5-10,13-18H,3-4,11-12H2,1-2H3. The van der Waals surface area contributed by atoms with Crippen molar-refractivity contribution >= 4 is 6.16 Å². The molecule has 0 aliphatic carbocycles. The van der Waals surface area contributed by atoms with Crippen molar-refractivity contribution in [2.24, 2.45) is 0 Å². The summed E-state index contributed by atoms with van der Waals surface area (Å²) in [5, 5.41) is 0. The lowest BCUT2D eigenvalue weighted by Gasteiger charge is -2.15. The minimum atomic E-state index is -0.714. The maximum Gasteiger partial charge on any atom is 0.519 e. The first-order valence-electron chi connectivity index (χ1n) is 9.87. The van der Waals surface area contributed by atoms with Gasteiger partial charge in [0.05, 0.1) is 0 Å². The molecule has 3 heteroatoms. The fraction of sp³-hybridized carbons (Fsp3) is 0.240. The molecule has 0 unspecified atom stereocenters. The fourth-order valence-electron chi connectivity index (χ4n) is 3.36. The number of ether oxygens (including phenoxy) is 2. The van der Waals surface area contributed by atoms with Gasteiger partial charge in [-0.25, -0.2) is 4.79 Å². The van der Waals surface area contributed by atoms with Crippen LogP contribution in [0.1, 0.15) is 37.8 Å². The van der Waals surface area contributed by atoms with E-state index in [1.54, 1.807) is 6.07 Å². The highest BCUT2D eigenvalue weighted by Crippen LogP contribution is 2.31. The van der Waals surface area contributed by atoms with Gasteiger partial charge in [-0.05, 0) is 41.7 Å². The quantitative estimate of drug-likeness (QED) is 0.335. The topological polar surface area (TPSA) is 35.5 Å². The van der Waals surface area contributed by atoms with Crippen LogP contribution in [0.25, 0.3) is 11.1 Å². The molecule has 3 rings (SSSR count). The zero-order chi connectivity index (χ0) is 19.8. The molecule has 0 radical (unpaired) electrons. The van der Waals surface area contributed by atoms with Crippen molar-refractivity contribution in [2.75, 3.05) is 0 Å². The SMILES string of the molecule is CCCc1cccc(OC(=O)Oc2ccccc2-c2ccccc2)c1CCC. The number of carbonyl (C=O) groups excluding carboxylic acids is 1. The lowest BCUT2D eigenvalue weighted by atomic mass is 9.99. The van der Waals surface area contributed by atoms with Gasteiger partial charge in [-0.1, -0.05) is 87.4 Å². The van der Waals surface area contributed by atoms with Crippen LogP contribution in [0.3, 0.4) is 0 Å². The largest absolute Gasteiger partial charge is 0.519 e. The van der Waals surface area contributed by atoms with Crippen LogP contribution in [0.2, 0.25) is 0 Å². The summed E-state index contributed by atoms with van der Waals surface area (Å²) in [6.07, 6.45) is 3.17. The van der Waals surface area contributed by atoms with E-state index in [0.29, 0.717) is 11.5 Å². The van der Waals surface area contributed by atoms with Gasteiger partial charge < -0.3 is 9.47 Å². The molecule has 0 atom stereocenters. The first-order chi connectivity index (χ1) is 13.7. The van der Waals surface area contributed by atoms with Crippen molar-refractivity contribution in [1.29, 1.82) is 0 Å². The van der Waals surface area contributed by atoms with E-state index in [4.69, 9.17) is 9.47 Å². The summed E-state index contributed by atoms with van der Waals surface area (Å²) in [7, 11) is 0. The summed E-state index contributed by atoms with van der Waals surface area (Å²) in [4.78, 5) is 12.5. The predicted molar refractivity (Wildman–Crippen MR) is 113 cm³/mol. The number of rotatable bonds is 7. The number of carbonyl (C=O) groups is 1. The Kier molecular flexibility index (Phi) is 6.85. The first kappa shape index (κ1) is 19.7. The third-order valence-corrected chi connectivity index (χ3v) is 4.61. The Morgan fingerprint density at radius 2 is 1.36 bits per heavy atom. The molecule has 28 heavy (non-hydrogen) atoms. The third-order valence-electron chi connectivity index (χ3n) is 4.61. The van der Waals surface area contributed by atoms with Crippen molar-refractivity contribution < 1.29 is 14.3 Å². The lowest BCUT2D eigenvalue weighted by Crippen LogP contribution is -2.15. The summed E-state index contributed by atoms with van der Waals surface area (Å²) < 4.78 is 11.2. The van der Waals surface area contributed by atoms with Crippen LogP contribution in [-0.2, 0) is 12.8 Å². The molecule has 3 aromatic carbocycles. The number of para-hydroxylation sites is 1. The van der Waals surface area contributed by atoms with Crippen LogP contribution in [0.5, 0.6) is 11.5 Å². The molecule has 0 amide bonds. The van der Waals surface area contributed by atoms with Gasteiger partial charge in [0.2, 0.25) is 0 Å². The van der Waals surface area contributed by atoms with Gasteiger partial charge >= 0.3 is 6.16 Å². The van der Waals surface area contributed by atoms with Gasteiger partial charge in [-0.2, -0.15) is 0 Å². The number of aryl methyl sites for hydroxylation is 1. The molecule has 0 fully saturated rings. The van der Waals surface area contributed by atoms with Crippen LogP contribution in [0.15, 0.2) is 72.8 Å². The molecule has 3 aromatic rings. The number of hydrogen-bond donors (Lipinski definition) is 0. The lowest BCUT2D eigenvalue weighted by molar-refractivity contribution is 0.151. The van der Waals surface area contributed by atoms with Gasteiger partial charge in [-0.15, -0.1) is 0 Å². The van der Waals surface area contributed by atoms with E-state index in [-0.39, 0.29) is 0 Å². The van der Waals surface area contributed by atoms with Crippen molar-refractivity contribution in [3.63, 3.8) is 0 Å². The molecule has 0 aliphatic heterocycles. The Labute approximate surface area is 166 Å². The van der Waals surface area contributed by atoms with Crippen molar-refractivity contribution in [3.05, 3.63) is 83.9 Å². The van der Waals surface area contributed by atoms with E-state index in [2.05, 4.69) is 19.9 Å². The van der Waals surface area contributed by atoms with E-state index < -0.39 is 6.16 Å². The monoisotopic (exact) mass is 374 g/mol. The first-order valence-corrected chi connectivity index (χ1v) is 9.87. The normalized spacial score (nSPS) is 10.5. The second kappa shape index (κ2) is 9.75. The van der Waals surface area contributed by atoms with E-state index in [1.165, 1.54) is 5.56 Å². The summed E-state index contributed by atoms with van der Waals surface area (Å²) in [5.41, 5.74) is 4.18. The Hall–Kier alpha value is -3.07. The van der Waals surface area contributed by atoms with Gasteiger partial charge in [0, 0.05) is 5.56 Å². The van der Waals surface area contributed by atoms with E-state index >= 15 is 0 Å². The predicted octanol–water partition coefficient (Wildman–Crippen LogP) is 6.84. The smallest absolute Gasteiger partial charge is 0.394 e. The molecule has 0 saturated carbocycles. The van der Waals surface area contributed by atoms with Gasteiger partial charge in [0.15, 0.2) is 0 Å². The number of hydrogen-bond acceptors (Lipinski definition) is 3. The Bertz CT molecular complexity index is 916. The molecule has 0 spiro atoms. The molecular weight excluding hydrogens is 348 g/mol. The van der Waals surface area contributed by atoms with Crippen LogP contribution in [0, 0.1) is 0 Å². The summed E-state index contributed by atoms with van der Waals surface area (Å²) >= 11 is 0. The van der Waals surface area contributed by atoms with Gasteiger partial charge in [0.25, 0.3) is 0 Å². The molecule has 0 bridgehead atoms. The Morgan fingerprint density at radius 1 is 0.714 bits per heavy atom. The van der Waals surface area contributed by atoms with Crippen molar-refractivity contribution in [1.82, 2.24) is 0 Å². The molecular formula is C25H26O3. The van der Waals surface area contributed by atoms with Crippen LogP contribution < -0.4 is 9.47 Å². The average Bonchev–Trinajstić information content (AvgIpc) is 2.71. The molecule has 0 heterocycles. The zero-order valence-electron chi connectivity index (χ0n) is 16.5. The highest BCUT2D eigenvalue weighted by molar-refractivity contribution is 5.75. The van der Waals surface area contributed by atoms with Crippen LogP contribution in [-0.4, -0.2) is 6.16 Å². The third kappa shape index (κ3) is 4.80. The Balaban J connectivity index is 1.82. The highest BCUT2D eigenvalue weighted by atomic mass is 16.7. The Morgan fingerprint density at radius 3 is 2.11 bits per heavy atom.